The molecule has 8 heteroatoms. The maximum absolute atomic E-state index is 13.1. The molecule has 3 aromatic carbocycles. The summed E-state index contributed by atoms with van der Waals surface area (Å²) in [5.74, 6) is 0.627. The van der Waals surface area contributed by atoms with Gasteiger partial charge in [0.1, 0.15) is 5.69 Å². The number of hydrogen-bond donors (Lipinski definition) is 2. The van der Waals surface area contributed by atoms with Crippen molar-refractivity contribution in [2.24, 2.45) is 0 Å². The third-order valence-corrected chi connectivity index (χ3v) is 5.37. The van der Waals surface area contributed by atoms with E-state index in [0.717, 1.165) is 5.69 Å². The molecule has 4 aromatic rings. The Balaban J connectivity index is 1.54. The molecule has 35 heavy (non-hydrogen) atoms. The summed E-state index contributed by atoms with van der Waals surface area (Å²) in [6, 6.07) is 23.9. The lowest BCUT2D eigenvalue weighted by Crippen LogP contribution is -2.34. The fourth-order valence-corrected chi connectivity index (χ4v) is 3.59. The van der Waals surface area contributed by atoms with Crippen molar-refractivity contribution in [2.45, 2.75) is 0 Å². The van der Waals surface area contributed by atoms with Crippen LogP contribution in [0.25, 0.3) is 16.9 Å². The van der Waals surface area contributed by atoms with Crippen molar-refractivity contribution in [3.05, 3.63) is 96.2 Å². The molecule has 4 rings (SSSR count). The molecule has 8 nitrogen and oxygen atoms in total. The molecule has 2 amide bonds. The van der Waals surface area contributed by atoms with Crippen molar-refractivity contribution in [3.8, 4) is 28.4 Å². The first kappa shape index (κ1) is 23.6. The second-order valence-corrected chi connectivity index (χ2v) is 7.62. The smallest absolute Gasteiger partial charge is 0.255 e. The predicted octanol–water partition coefficient (Wildman–Crippen LogP) is 3.72. The SMILES string of the molecule is COc1ccc(-c2nn(-c3ccccc3)cc2C(=O)NCCNC(=O)c2ccccc2)cc1OC. The zero-order valence-corrected chi connectivity index (χ0v) is 19.5. The summed E-state index contributed by atoms with van der Waals surface area (Å²) in [7, 11) is 3.12. The minimum absolute atomic E-state index is 0.192. The quantitative estimate of drug-likeness (QED) is 0.364. The molecule has 0 saturated heterocycles. The van der Waals surface area contributed by atoms with Crippen LogP contribution < -0.4 is 20.1 Å². The van der Waals surface area contributed by atoms with E-state index in [9.17, 15) is 9.59 Å². The highest BCUT2D eigenvalue weighted by molar-refractivity contribution is 6.00. The number of aromatic nitrogens is 2. The van der Waals surface area contributed by atoms with Gasteiger partial charge in [0.05, 0.1) is 25.5 Å². The van der Waals surface area contributed by atoms with Gasteiger partial charge in [-0.25, -0.2) is 4.68 Å². The largest absolute Gasteiger partial charge is 0.493 e. The Morgan fingerprint density at radius 1 is 0.800 bits per heavy atom. The Kier molecular flexibility index (Phi) is 7.42. The first-order valence-corrected chi connectivity index (χ1v) is 11.1. The van der Waals surface area contributed by atoms with Gasteiger partial charge in [0, 0.05) is 30.4 Å². The molecule has 0 unspecified atom stereocenters. The second kappa shape index (κ2) is 11.0. The number of carbonyl (C=O) groups excluding carboxylic acids is 2. The number of ether oxygens (including phenoxy) is 2. The molecule has 0 aliphatic carbocycles. The van der Waals surface area contributed by atoms with E-state index >= 15 is 0 Å². The normalized spacial score (nSPS) is 10.5. The van der Waals surface area contributed by atoms with E-state index in [4.69, 9.17) is 9.47 Å². The molecular weight excluding hydrogens is 444 g/mol. The molecule has 0 aliphatic heterocycles. The van der Waals surface area contributed by atoms with Crippen molar-refractivity contribution >= 4 is 11.8 Å². The number of nitrogens with one attached hydrogen (secondary N) is 2. The first-order valence-electron chi connectivity index (χ1n) is 11.1. The van der Waals surface area contributed by atoms with Crippen LogP contribution in [-0.4, -0.2) is 48.9 Å². The van der Waals surface area contributed by atoms with Gasteiger partial charge in [-0.15, -0.1) is 0 Å². The number of benzene rings is 3. The van der Waals surface area contributed by atoms with Crippen LogP contribution in [0.2, 0.25) is 0 Å². The predicted molar refractivity (Wildman–Crippen MR) is 133 cm³/mol. The molecule has 0 saturated carbocycles. The number of carbonyl (C=O) groups is 2. The average molecular weight is 471 g/mol. The maximum atomic E-state index is 13.1. The highest BCUT2D eigenvalue weighted by Gasteiger charge is 2.20. The minimum Gasteiger partial charge on any atom is -0.493 e. The Morgan fingerprint density at radius 2 is 1.43 bits per heavy atom. The van der Waals surface area contributed by atoms with E-state index < -0.39 is 0 Å². The van der Waals surface area contributed by atoms with E-state index in [1.807, 2.05) is 42.5 Å². The van der Waals surface area contributed by atoms with E-state index in [2.05, 4.69) is 15.7 Å². The fourth-order valence-electron chi connectivity index (χ4n) is 3.59. The number of amides is 2. The lowest BCUT2D eigenvalue weighted by molar-refractivity contribution is 0.0928. The fraction of sp³-hybridized carbons (Fsp3) is 0.148. The lowest BCUT2D eigenvalue weighted by atomic mass is 10.1. The lowest BCUT2D eigenvalue weighted by Gasteiger charge is -2.10. The van der Waals surface area contributed by atoms with Crippen LogP contribution in [0.3, 0.4) is 0 Å². The van der Waals surface area contributed by atoms with Gasteiger partial charge in [-0.2, -0.15) is 5.10 Å². The second-order valence-electron chi connectivity index (χ2n) is 7.62. The molecule has 1 aromatic heterocycles. The molecule has 1 heterocycles. The molecule has 0 fully saturated rings. The Labute approximate surface area is 203 Å². The molecule has 0 spiro atoms. The third-order valence-electron chi connectivity index (χ3n) is 5.37. The van der Waals surface area contributed by atoms with Gasteiger partial charge < -0.3 is 20.1 Å². The van der Waals surface area contributed by atoms with Gasteiger partial charge in [0.15, 0.2) is 11.5 Å². The first-order chi connectivity index (χ1) is 17.1. The zero-order valence-electron chi connectivity index (χ0n) is 19.5. The van der Waals surface area contributed by atoms with Gasteiger partial charge in [-0.05, 0) is 42.5 Å². The van der Waals surface area contributed by atoms with Crippen molar-refractivity contribution < 1.29 is 19.1 Å². The molecule has 0 radical (unpaired) electrons. The molecular formula is C27H26N4O4. The molecule has 2 N–H and O–H groups in total. The third kappa shape index (κ3) is 5.50. The van der Waals surface area contributed by atoms with E-state index in [-0.39, 0.29) is 24.9 Å². The van der Waals surface area contributed by atoms with Crippen molar-refractivity contribution in [3.63, 3.8) is 0 Å². The summed E-state index contributed by atoms with van der Waals surface area (Å²) >= 11 is 0. The van der Waals surface area contributed by atoms with Crippen molar-refractivity contribution in [2.75, 3.05) is 27.3 Å². The van der Waals surface area contributed by atoms with Crippen LogP contribution in [-0.2, 0) is 0 Å². The maximum Gasteiger partial charge on any atom is 0.255 e. The van der Waals surface area contributed by atoms with E-state index in [1.54, 1.807) is 61.5 Å². The van der Waals surface area contributed by atoms with Gasteiger partial charge in [-0.1, -0.05) is 36.4 Å². The monoisotopic (exact) mass is 470 g/mol. The molecule has 0 bridgehead atoms. The summed E-state index contributed by atoms with van der Waals surface area (Å²) in [5, 5.41) is 10.4. The van der Waals surface area contributed by atoms with E-state index in [1.165, 1.54) is 0 Å². The van der Waals surface area contributed by atoms with Crippen molar-refractivity contribution in [1.29, 1.82) is 0 Å². The summed E-state index contributed by atoms with van der Waals surface area (Å²) in [5.41, 5.74) is 3.00. The zero-order chi connectivity index (χ0) is 24.6. The molecule has 178 valence electrons. The van der Waals surface area contributed by atoms with Crippen LogP contribution in [0.4, 0.5) is 0 Å². The van der Waals surface area contributed by atoms with E-state index in [0.29, 0.717) is 33.9 Å². The van der Waals surface area contributed by atoms with Crippen molar-refractivity contribution in [1.82, 2.24) is 20.4 Å². The van der Waals surface area contributed by atoms with Gasteiger partial charge in [-0.3, -0.25) is 9.59 Å². The van der Waals surface area contributed by atoms with Crippen LogP contribution >= 0.6 is 0 Å². The topological polar surface area (TPSA) is 94.5 Å². The summed E-state index contributed by atoms with van der Waals surface area (Å²) in [6.45, 7) is 0.553. The number of rotatable bonds is 9. The van der Waals surface area contributed by atoms with Crippen LogP contribution in [0.1, 0.15) is 20.7 Å². The van der Waals surface area contributed by atoms with Crippen LogP contribution in [0.5, 0.6) is 11.5 Å². The number of methoxy groups -OCH3 is 2. The van der Waals surface area contributed by atoms with Gasteiger partial charge >= 0.3 is 0 Å². The number of para-hydroxylation sites is 1. The molecule has 0 aliphatic rings. The highest BCUT2D eigenvalue weighted by atomic mass is 16.5. The molecule has 0 atom stereocenters. The Hall–Kier alpha value is -4.59. The minimum atomic E-state index is -0.300. The summed E-state index contributed by atoms with van der Waals surface area (Å²) in [6.07, 6.45) is 1.69. The van der Waals surface area contributed by atoms with Crippen LogP contribution in [0, 0.1) is 0 Å². The highest BCUT2D eigenvalue weighted by Crippen LogP contribution is 2.33. The standard InChI is InChI=1S/C27H26N4O4/c1-34-23-14-13-20(17-24(23)35-2)25-22(18-31(30-25)21-11-7-4-8-12-21)27(33)29-16-15-28-26(32)19-9-5-3-6-10-19/h3-14,17-18H,15-16H2,1-2H3,(H,28,32)(H,29,33). The van der Waals surface area contributed by atoms with Gasteiger partial charge in [0.25, 0.3) is 11.8 Å². The Morgan fingerprint density at radius 3 is 2.09 bits per heavy atom. The summed E-state index contributed by atoms with van der Waals surface area (Å²) < 4.78 is 12.4. The van der Waals surface area contributed by atoms with Crippen LogP contribution in [0.15, 0.2) is 85.1 Å². The van der Waals surface area contributed by atoms with Gasteiger partial charge in [0.2, 0.25) is 0 Å². The number of hydrogen-bond acceptors (Lipinski definition) is 5. The summed E-state index contributed by atoms with van der Waals surface area (Å²) in [4.78, 5) is 25.4. The average Bonchev–Trinajstić information content (AvgIpc) is 3.37. The number of nitrogens with zero attached hydrogens (tertiary/aromatic N) is 2. The Bertz CT molecular complexity index is 1300.